The van der Waals surface area contributed by atoms with E-state index in [1.165, 1.54) is 12.8 Å². The van der Waals surface area contributed by atoms with E-state index < -0.39 is 5.54 Å². The molecular formula is C13H25N3. The molecule has 16 heavy (non-hydrogen) atoms. The van der Waals surface area contributed by atoms with E-state index in [1.54, 1.807) is 0 Å². The molecule has 92 valence electrons. The van der Waals surface area contributed by atoms with Crippen molar-refractivity contribution in [2.45, 2.75) is 58.5 Å². The quantitative estimate of drug-likeness (QED) is 0.797. The molecule has 3 nitrogen and oxygen atoms in total. The summed E-state index contributed by atoms with van der Waals surface area (Å²) in [6.07, 6.45) is 3.30. The van der Waals surface area contributed by atoms with Gasteiger partial charge in [0.1, 0.15) is 5.54 Å². The summed E-state index contributed by atoms with van der Waals surface area (Å²) in [5.74, 6) is 0. The molecule has 0 aromatic rings. The topological polar surface area (TPSA) is 53.1 Å². The van der Waals surface area contributed by atoms with Crippen LogP contribution in [0.15, 0.2) is 0 Å². The van der Waals surface area contributed by atoms with E-state index in [2.05, 4.69) is 31.7 Å². The van der Waals surface area contributed by atoms with Gasteiger partial charge < -0.3 is 10.6 Å². The Labute approximate surface area is 99.6 Å². The van der Waals surface area contributed by atoms with Crippen LogP contribution in [0.1, 0.15) is 47.0 Å². The lowest BCUT2D eigenvalue weighted by atomic mass is 9.83. The molecular weight excluding hydrogens is 198 g/mol. The lowest BCUT2D eigenvalue weighted by Crippen LogP contribution is -2.49. The van der Waals surface area contributed by atoms with E-state index in [9.17, 15) is 0 Å². The molecule has 0 amide bonds. The molecule has 0 bridgehead atoms. The van der Waals surface area contributed by atoms with Gasteiger partial charge in [0.05, 0.1) is 6.07 Å². The van der Waals surface area contributed by atoms with Gasteiger partial charge >= 0.3 is 0 Å². The molecule has 1 rings (SSSR count). The zero-order valence-electron chi connectivity index (χ0n) is 11.1. The van der Waals surface area contributed by atoms with Crippen molar-refractivity contribution in [2.24, 2.45) is 11.1 Å². The summed E-state index contributed by atoms with van der Waals surface area (Å²) in [4.78, 5) is 2.48. The Morgan fingerprint density at radius 2 is 2.19 bits per heavy atom. The summed E-state index contributed by atoms with van der Waals surface area (Å²) in [7, 11) is 0. The van der Waals surface area contributed by atoms with E-state index in [0.717, 1.165) is 19.5 Å². The van der Waals surface area contributed by atoms with Crippen molar-refractivity contribution in [3.63, 3.8) is 0 Å². The van der Waals surface area contributed by atoms with Crippen molar-refractivity contribution in [2.75, 3.05) is 13.1 Å². The summed E-state index contributed by atoms with van der Waals surface area (Å²) in [5, 5.41) is 8.95. The number of nitrogens with zero attached hydrogens (tertiary/aromatic N) is 2. The number of hydrogen-bond donors (Lipinski definition) is 1. The predicted molar refractivity (Wildman–Crippen MR) is 66.9 cm³/mol. The molecule has 0 saturated carbocycles. The lowest BCUT2D eigenvalue weighted by molar-refractivity contribution is 0.0759. The highest BCUT2D eigenvalue weighted by Gasteiger charge is 2.31. The van der Waals surface area contributed by atoms with Gasteiger partial charge in [0.15, 0.2) is 0 Å². The minimum absolute atomic E-state index is 0.397. The molecule has 1 aliphatic heterocycles. The van der Waals surface area contributed by atoms with E-state index in [0.29, 0.717) is 11.5 Å². The SMILES string of the molecule is CC(CC(C)(N)C#N)N1CCCC(C)(C)C1. The fraction of sp³-hybridized carbons (Fsp3) is 0.923. The molecule has 0 radical (unpaired) electrons. The molecule has 0 aromatic heterocycles. The number of likely N-dealkylation sites (tertiary alicyclic amines) is 1. The standard InChI is InChI=1S/C13H25N3/c1-11(8-13(4,15)9-14)16-7-5-6-12(2,3)10-16/h11H,5-8,10,15H2,1-4H3. The van der Waals surface area contributed by atoms with Crippen LogP contribution in [-0.4, -0.2) is 29.6 Å². The van der Waals surface area contributed by atoms with Crippen LogP contribution in [-0.2, 0) is 0 Å². The Bertz CT molecular complexity index is 275. The van der Waals surface area contributed by atoms with Gasteiger partial charge in [-0.2, -0.15) is 5.26 Å². The largest absolute Gasteiger partial charge is 0.314 e. The molecule has 1 aliphatic rings. The van der Waals surface area contributed by atoms with E-state index in [-0.39, 0.29) is 0 Å². The van der Waals surface area contributed by atoms with Crippen LogP contribution in [0.3, 0.4) is 0 Å². The minimum Gasteiger partial charge on any atom is -0.314 e. The van der Waals surface area contributed by atoms with Crippen LogP contribution >= 0.6 is 0 Å². The van der Waals surface area contributed by atoms with Gasteiger partial charge in [-0.05, 0) is 45.1 Å². The highest BCUT2D eigenvalue weighted by atomic mass is 15.2. The van der Waals surface area contributed by atoms with Crippen molar-refractivity contribution >= 4 is 0 Å². The maximum absolute atomic E-state index is 8.95. The second kappa shape index (κ2) is 4.73. The Hall–Kier alpha value is -0.590. The summed E-state index contributed by atoms with van der Waals surface area (Å²) in [6.45, 7) is 10.9. The molecule has 1 heterocycles. The van der Waals surface area contributed by atoms with Crippen LogP contribution in [0, 0.1) is 16.7 Å². The molecule has 2 unspecified atom stereocenters. The fourth-order valence-electron chi connectivity index (χ4n) is 2.63. The molecule has 0 aliphatic carbocycles. The Morgan fingerprint density at radius 3 is 2.69 bits per heavy atom. The summed E-state index contributed by atoms with van der Waals surface area (Å²) in [6, 6.07) is 2.58. The first-order valence-corrected chi connectivity index (χ1v) is 6.20. The van der Waals surface area contributed by atoms with Crippen molar-refractivity contribution in [3.8, 4) is 6.07 Å². The van der Waals surface area contributed by atoms with Gasteiger partial charge in [-0.3, -0.25) is 0 Å². The second-order valence-electron chi connectivity index (χ2n) is 6.32. The molecule has 3 heteroatoms. The van der Waals surface area contributed by atoms with Gasteiger partial charge in [0.25, 0.3) is 0 Å². The molecule has 2 N–H and O–H groups in total. The van der Waals surface area contributed by atoms with Crippen molar-refractivity contribution < 1.29 is 0 Å². The third kappa shape index (κ3) is 3.77. The summed E-state index contributed by atoms with van der Waals surface area (Å²) >= 11 is 0. The Kier molecular flexibility index (Phi) is 3.98. The van der Waals surface area contributed by atoms with Crippen LogP contribution in [0.5, 0.6) is 0 Å². The zero-order chi connectivity index (χ0) is 12.4. The number of nitrogens with two attached hydrogens (primary N) is 1. The van der Waals surface area contributed by atoms with Crippen LogP contribution in [0.25, 0.3) is 0 Å². The van der Waals surface area contributed by atoms with E-state index >= 15 is 0 Å². The van der Waals surface area contributed by atoms with Crippen LogP contribution in [0.2, 0.25) is 0 Å². The first kappa shape index (κ1) is 13.5. The van der Waals surface area contributed by atoms with Crippen molar-refractivity contribution in [1.82, 2.24) is 4.90 Å². The van der Waals surface area contributed by atoms with Gasteiger partial charge in [-0.1, -0.05) is 13.8 Å². The Balaban J connectivity index is 2.55. The molecule has 0 spiro atoms. The van der Waals surface area contributed by atoms with Crippen molar-refractivity contribution in [3.05, 3.63) is 0 Å². The Morgan fingerprint density at radius 1 is 1.56 bits per heavy atom. The first-order valence-electron chi connectivity index (χ1n) is 6.20. The normalized spacial score (nSPS) is 26.8. The predicted octanol–water partition coefficient (Wildman–Crippen LogP) is 2.13. The van der Waals surface area contributed by atoms with E-state index in [4.69, 9.17) is 11.0 Å². The maximum Gasteiger partial charge on any atom is 0.102 e. The van der Waals surface area contributed by atoms with Gasteiger partial charge in [-0.25, -0.2) is 0 Å². The van der Waals surface area contributed by atoms with Gasteiger partial charge in [0, 0.05) is 12.6 Å². The molecule has 1 fully saturated rings. The highest BCUT2D eigenvalue weighted by Crippen LogP contribution is 2.30. The van der Waals surface area contributed by atoms with Crippen LogP contribution in [0.4, 0.5) is 0 Å². The summed E-state index contributed by atoms with van der Waals surface area (Å²) in [5.41, 5.74) is 5.62. The van der Waals surface area contributed by atoms with Crippen molar-refractivity contribution in [1.29, 1.82) is 5.26 Å². The number of piperidine rings is 1. The number of nitriles is 1. The third-order valence-electron chi connectivity index (χ3n) is 3.53. The first-order chi connectivity index (χ1) is 7.26. The molecule has 2 atom stereocenters. The van der Waals surface area contributed by atoms with Gasteiger partial charge in [0.2, 0.25) is 0 Å². The third-order valence-corrected chi connectivity index (χ3v) is 3.53. The second-order valence-corrected chi connectivity index (χ2v) is 6.32. The average molecular weight is 223 g/mol. The lowest BCUT2D eigenvalue weighted by Gasteiger charge is -2.42. The summed E-state index contributed by atoms with van der Waals surface area (Å²) < 4.78 is 0. The smallest absolute Gasteiger partial charge is 0.102 e. The minimum atomic E-state index is -0.693. The maximum atomic E-state index is 8.95. The number of hydrogen-bond acceptors (Lipinski definition) is 3. The zero-order valence-corrected chi connectivity index (χ0v) is 11.1. The number of rotatable bonds is 3. The average Bonchev–Trinajstić information content (AvgIpc) is 2.15. The monoisotopic (exact) mass is 223 g/mol. The highest BCUT2D eigenvalue weighted by molar-refractivity contribution is 5.03. The van der Waals surface area contributed by atoms with E-state index in [1.807, 2.05) is 6.92 Å². The fourth-order valence-corrected chi connectivity index (χ4v) is 2.63. The molecule has 0 aromatic carbocycles. The van der Waals surface area contributed by atoms with Crippen LogP contribution < -0.4 is 5.73 Å². The van der Waals surface area contributed by atoms with Gasteiger partial charge in [-0.15, -0.1) is 0 Å². The molecule has 1 saturated heterocycles.